The number of sulfonamides is 1. The van der Waals surface area contributed by atoms with Gasteiger partial charge in [-0.15, -0.1) is 0 Å². The molecule has 12 nitrogen and oxygen atoms in total. The van der Waals surface area contributed by atoms with E-state index < -0.39 is 27.6 Å². The summed E-state index contributed by atoms with van der Waals surface area (Å²) in [5.41, 5.74) is 2.63. The van der Waals surface area contributed by atoms with Crippen LogP contribution in [0.25, 0.3) is 0 Å². The van der Waals surface area contributed by atoms with Crippen LogP contribution in [0.5, 0.6) is 0 Å². The molecule has 2 aromatic carbocycles. The van der Waals surface area contributed by atoms with Crippen molar-refractivity contribution in [2.45, 2.75) is 38.0 Å². The van der Waals surface area contributed by atoms with Gasteiger partial charge in [0.15, 0.2) is 5.82 Å². The Hall–Kier alpha value is -5.25. The molecule has 0 spiro atoms. The van der Waals surface area contributed by atoms with Crippen LogP contribution in [0.3, 0.4) is 0 Å². The molecule has 0 aliphatic carbocycles. The van der Waals surface area contributed by atoms with Crippen LogP contribution in [0.1, 0.15) is 41.1 Å². The SMILES string of the molecule is C=CC(=O)N1CCCC(c2cccc(NCc3ccc(Nc4ncc(C(F)(F)F)c(NCc5nccnc5N(C)S(C)(=O)=O)n4)cc3)c2)C1. The van der Waals surface area contributed by atoms with Gasteiger partial charge in [-0.3, -0.25) is 14.1 Å². The van der Waals surface area contributed by atoms with E-state index in [0.717, 1.165) is 46.8 Å². The van der Waals surface area contributed by atoms with E-state index in [1.165, 1.54) is 25.5 Å². The summed E-state index contributed by atoms with van der Waals surface area (Å²) >= 11 is 0. The van der Waals surface area contributed by atoms with Gasteiger partial charge in [-0.05, 0) is 54.3 Å². The maximum absolute atomic E-state index is 13.8. The summed E-state index contributed by atoms with van der Waals surface area (Å²) in [6.07, 6.45) is 2.79. The normalized spacial score (nSPS) is 15.0. The molecule has 5 rings (SSSR count). The fourth-order valence-corrected chi connectivity index (χ4v) is 5.84. The molecule has 4 aromatic rings. The number of halogens is 3. The van der Waals surface area contributed by atoms with Gasteiger partial charge >= 0.3 is 6.18 Å². The Labute approximate surface area is 282 Å². The van der Waals surface area contributed by atoms with Crippen LogP contribution in [0, 0.1) is 0 Å². The highest BCUT2D eigenvalue weighted by molar-refractivity contribution is 7.92. The molecule has 3 N–H and O–H groups in total. The molecule has 1 amide bonds. The Morgan fingerprint density at radius 3 is 2.53 bits per heavy atom. The maximum Gasteiger partial charge on any atom is 0.421 e. The monoisotopic (exact) mass is 695 g/mol. The Balaban J connectivity index is 1.23. The number of nitrogens with zero attached hydrogens (tertiary/aromatic N) is 6. The lowest BCUT2D eigenvalue weighted by Crippen LogP contribution is -2.38. The van der Waals surface area contributed by atoms with Crippen molar-refractivity contribution in [3.05, 3.63) is 102 Å². The van der Waals surface area contributed by atoms with Gasteiger partial charge in [0, 0.05) is 62.6 Å². The molecule has 49 heavy (non-hydrogen) atoms. The van der Waals surface area contributed by atoms with E-state index >= 15 is 0 Å². The number of carbonyl (C=O) groups is 1. The number of hydrogen-bond acceptors (Lipinski definition) is 10. The number of alkyl halides is 3. The minimum atomic E-state index is -4.76. The number of nitrogens with one attached hydrogen (secondary N) is 3. The van der Waals surface area contributed by atoms with Crippen molar-refractivity contribution >= 4 is 44.9 Å². The summed E-state index contributed by atoms with van der Waals surface area (Å²) in [7, 11) is -2.42. The molecule has 258 valence electrons. The molecule has 1 atom stereocenters. The second kappa shape index (κ2) is 14.9. The second-order valence-electron chi connectivity index (χ2n) is 11.5. The molecule has 1 saturated heterocycles. The summed E-state index contributed by atoms with van der Waals surface area (Å²) in [5.74, 6) is -0.424. The Bertz CT molecular complexity index is 1910. The zero-order chi connectivity index (χ0) is 35.2. The number of hydrogen-bond donors (Lipinski definition) is 3. The molecular weight excluding hydrogens is 659 g/mol. The van der Waals surface area contributed by atoms with E-state index in [0.29, 0.717) is 25.0 Å². The number of carbonyl (C=O) groups excluding carboxylic acids is 1. The van der Waals surface area contributed by atoms with Gasteiger partial charge in [0.25, 0.3) is 0 Å². The maximum atomic E-state index is 13.8. The molecule has 1 aliphatic rings. The quantitative estimate of drug-likeness (QED) is 0.162. The number of likely N-dealkylation sites (tertiary alicyclic amines) is 1. The van der Waals surface area contributed by atoms with Crippen molar-refractivity contribution in [3.63, 3.8) is 0 Å². The van der Waals surface area contributed by atoms with E-state index in [1.807, 2.05) is 29.2 Å². The first-order valence-corrected chi connectivity index (χ1v) is 17.2. The summed E-state index contributed by atoms with van der Waals surface area (Å²) in [4.78, 5) is 30.0. The average molecular weight is 696 g/mol. The molecule has 1 fully saturated rings. The van der Waals surface area contributed by atoms with Crippen molar-refractivity contribution in [1.29, 1.82) is 0 Å². The predicted octanol–water partition coefficient (Wildman–Crippen LogP) is 5.54. The molecule has 2 aromatic heterocycles. The average Bonchev–Trinajstić information content (AvgIpc) is 3.09. The third-order valence-corrected chi connectivity index (χ3v) is 9.21. The minimum absolute atomic E-state index is 0.0294. The molecule has 1 aliphatic heterocycles. The van der Waals surface area contributed by atoms with Crippen LogP contribution in [-0.2, 0) is 34.1 Å². The fraction of sp³-hybridized carbons (Fsp3) is 0.303. The van der Waals surface area contributed by atoms with Gasteiger partial charge in [0.1, 0.15) is 17.1 Å². The summed E-state index contributed by atoms with van der Waals surface area (Å²) < 4.78 is 66.4. The number of piperidine rings is 1. The first kappa shape index (κ1) is 35.1. The smallest absolute Gasteiger partial charge is 0.381 e. The highest BCUT2D eigenvalue weighted by Crippen LogP contribution is 2.35. The van der Waals surface area contributed by atoms with Gasteiger partial charge in [0.2, 0.25) is 21.9 Å². The van der Waals surface area contributed by atoms with E-state index in [9.17, 15) is 26.4 Å². The first-order chi connectivity index (χ1) is 23.3. The van der Waals surface area contributed by atoms with Crippen LogP contribution in [0.4, 0.5) is 42.1 Å². The van der Waals surface area contributed by atoms with Crippen LogP contribution in [0.15, 0.2) is 79.8 Å². The highest BCUT2D eigenvalue weighted by Gasteiger charge is 2.35. The van der Waals surface area contributed by atoms with Crippen molar-refractivity contribution in [3.8, 4) is 0 Å². The van der Waals surface area contributed by atoms with Gasteiger partial charge < -0.3 is 20.9 Å². The summed E-state index contributed by atoms with van der Waals surface area (Å²) in [5, 5.41) is 8.98. The lowest BCUT2D eigenvalue weighted by molar-refractivity contribution is -0.137. The fourth-order valence-electron chi connectivity index (χ4n) is 5.38. The minimum Gasteiger partial charge on any atom is -0.381 e. The van der Waals surface area contributed by atoms with Crippen molar-refractivity contribution in [2.24, 2.45) is 0 Å². The van der Waals surface area contributed by atoms with E-state index in [4.69, 9.17) is 0 Å². The number of benzene rings is 2. The third-order valence-electron chi connectivity index (χ3n) is 8.04. The number of rotatable bonds is 12. The van der Waals surface area contributed by atoms with E-state index in [2.05, 4.69) is 54.6 Å². The van der Waals surface area contributed by atoms with Crippen molar-refractivity contribution < 1.29 is 26.4 Å². The lowest BCUT2D eigenvalue weighted by atomic mass is 9.90. The van der Waals surface area contributed by atoms with Gasteiger partial charge in [0.05, 0.1) is 12.8 Å². The van der Waals surface area contributed by atoms with Crippen LogP contribution >= 0.6 is 0 Å². The first-order valence-electron chi connectivity index (χ1n) is 15.3. The van der Waals surface area contributed by atoms with Gasteiger partial charge in [-0.2, -0.15) is 18.2 Å². The molecule has 0 saturated carbocycles. The number of anilines is 5. The zero-order valence-electron chi connectivity index (χ0n) is 26.9. The number of aromatic nitrogens is 4. The zero-order valence-corrected chi connectivity index (χ0v) is 27.7. The van der Waals surface area contributed by atoms with E-state index in [1.54, 1.807) is 12.1 Å². The largest absolute Gasteiger partial charge is 0.421 e. The molecular formula is C33H36F3N9O3S. The molecule has 0 bridgehead atoms. The molecule has 1 unspecified atom stereocenters. The highest BCUT2D eigenvalue weighted by atomic mass is 32.2. The Morgan fingerprint density at radius 1 is 1.06 bits per heavy atom. The summed E-state index contributed by atoms with van der Waals surface area (Å²) in [6.45, 7) is 5.24. The summed E-state index contributed by atoms with van der Waals surface area (Å²) in [6, 6.07) is 15.4. The van der Waals surface area contributed by atoms with Crippen LogP contribution < -0.4 is 20.3 Å². The van der Waals surface area contributed by atoms with Gasteiger partial charge in [-0.25, -0.2) is 18.4 Å². The van der Waals surface area contributed by atoms with Crippen molar-refractivity contribution in [2.75, 3.05) is 46.6 Å². The molecule has 3 heterocycles. The standard InChI is InChI=1S/C33H36F3N9O3S/c1-4-29(46)45-16-6-8-24(21-45)23-7-5-9-26(17-23)39-18-22-10-12-25(13-11-22)42-32-41-19-27(33(34,35)36)30(43-32)40-20-28-31(38-15-14-37-28)44(2)49(3,47)48/h4-5,7,9-15,17,19,24,39H,1,6,8,16,18,20-21H2,2-3H3,(H2,40,41,42,43). The number of amides is 1. The Kier molecular flexibility index (Phi) is 10.7. The van der Waals surface area contributed by atoms with Crippen LogP contribution in [0.2, 0.25) is 0 Å². The molecule has 16 heteroatoms. The third kappa shape index (κ3) is 9.01. The topological polar surface area (TPSA) is 145 Å². The van der Waals surface area contributed by atoms with Gasteiger partial charge in [-0.1, -0.05) is 30.8 Å². The lowest BCUT2D eigenvalue weighted by Gasteiger charge is -2.32. The van der Waals surface area contributed by atoms with E-state index in [-0.39, 0.29) is 35.8 Å². The second-order valence-corrected chi connectivity index (χ2v) is 13.5. The Morgan fingerprint density at radius 2 is 1.82 bits per heavy atom. The predicted molar refractivity (Wildman–Crippen MR) is 182 cm³/mol. The molecule has 0 radical (unpaired) electrons. The van der Waals surface area contributed by atoms with Crippen LogP contribution in [-0.4, -0.2) is 65.6 Å². The van der Waals surface area contributed by atoms with Crippen molar-refractivity contribution in [1.82, 2.24) is 24.8 Å².